The normalized spacial score (nSPS) is 29.1. The van der Waals surface area contributed by atoms with Crippen LogP contribution in [0, 0.1) is 11.8 Å². The molecule has 1 aliphatic carbocycles. The molecule has 1 aliphatic rings. The van der Waals surface area contributed by atoms with Gasteiger partial charge in [-0.05, 0) is 31.1 Å². The van der Waals surface area contributed by atoms with Crippen LogP contribution in [-0.4, -0.2) is 12.1 Å². The van der Waals surface area contributed by atoms with Crippen molar-refractivity contribution in [3.63, 3.8) is 0 Å². The smallest absolute Gasteiger partial charge is 0.344 e. The summed E-state index contributed by atoms with van der Waals surface area (Å²) in [5.41, 5.74) is 0. The standard InChI is InChI=1S/C13H22O2S/c1-4-6-11-7-10(5-2)8-12(11)15-13(14)9(3)16/h10-12,16H,3-8H2,1-2H3. The molecule has 0 aromatic rings. The molecule has 0 aromatic carbocycles. The van der Waals surface area contributed by atoms with Crippen molar-refractivity contribution in [3.05, 3.63) is 11.5 Å². The summed E-state index contributed by atoms with van der Waals surface area (Å²) in [4.78, 5) is 11.6. The van der Waals surface area contributed by atoms with Gasteiger partial charge in [0.2, 0.25) is 0 Å². The SMILES string of the molecule is C=C(S)C(=O)OC1CC(CC)CC1CCC. The number of ether oxygens (including phenoxy) is 1. The lowest BCUT2D eigenvalue weighted by Gasteiger charge is -2.19. The second kappa shape index (κ2) is 6.33. The van der Waals surface area contributed by atoms with Gasteiger partial charge in [-0.3, -0.25) is 0 Å². The van der Waals surface area contributed by atoms with Gasteiger partial charge < -0.3 is 4.74 Å². The van der Waals surface area contributed by atoms with E-state index in [1.54, 1.807) is 0 Å². The van der Waals surface area contributed by atoms with Crippen molar-refractivity contribution in [2.24, 2.45) is 11.8 Å². The van der Waals surface area contributed by atoms with E-state index >= 15 is 0 Å². The van der Waals surface area contributed by atoms with E-state index in [2.05, 4.69) is 33.1 Å². The first-order valence-corrected chi connectivity index (χ1v) is 6.62. The quantitative estimate of drug-likeness (QED) is 0.453. The van der Waals surface area contributed by atoms with E-state index < -0.39 is 0 Å². The number of esters is 1. The maximum atomic E-state index is 11.4. The van der Waals surface area contributed by atoms with Crippen LogP contribution >= 0.6 is 12.6 Å². The number of rotatable bonds is 5. The highest BCUT2D eigenvalue weighted by atomic mass is 32.1. The van der Waals surface area contributed by atoms with Gasteiger partial charge in [0, 0.05) is 0 Å². The van der Waals surface area contributed by atoms with Crippen LogP contribution in [0.2, 0.25) is 0 Å². The van der Waals surface area contributed by atoms with Gasteiger partial charge >= 0.3 is 5.97 Å². The van der Waals surface area contributed by atoms with Crippen LogP contribution in [0.3, 0.4) is 0 Å². The Morgan fingerprint density at radius 2 is 2.12 bits per heavy atom. The summed E-state index contributed by atoms with van der Waals surface area (Å²) in [6, 6.07) is 0. The topological polar surface area (TPSA) is 26.3 Å². The molecular weight excluding hydrogens is 220 g/mol. The largest absolute Gasteiger partial charge is 0.458 e. The van der Waals surface area contributed by atoms with Crippen LogP contribution in [0.15, 0.2) is 11.5 Å². The summed E-state index contributed by atoms with van der Waals surface area (Å²) in [6.07, 6.45) is 5.76. The Balaban J connectivity index is 2.55. The number of carbonyl (C=O) groups excluding carboxylic acids is 1. The predicted molar refractivity (Wildman–Crippen MR) is 69.4 cm³/mol. The molecule has 16 heavy (non-hydrogen) atoms. The molecule has 0 spiro atoms. The molecule has 0 saturated heterocycles. The summed E-state index contributed by atoms with van der Waals surface area (Å²) in [5.74, 6) is 0.889. The predicted octanol–water partition coefficient (Wildman–Crippen LogP) is 3.58. The van der Waals surface area contributed by atoms with E-state index in [1.807, 2.05) is 0 Å². The first kappa shape index (κ1) is 13.6. The van der Waals surface area contributed by atoms with Crippen molar-refractivity contribution in [1.29, 1.82) is 0 Å². The Bertz CT molecular complexity index is 263. The summed E-state index contributed by atoms with van der Waals surface area (Å²) < 4.78 is 5.46. The zero-order valence-electron chi connectivity index (χ0n) is 10.2. The molecule has 0 aromatic heterocycles. The lowest BCUT2D eigenvalue weighted by molar-refractivity contribution is -0.145. The molecule has 0 radical (unpaired) electrons. The van der Waals surface area contributed by atoms with Crippen LogP contribution in [0.1, 0.15) is 46.0 Å². The molecule has 1 rings (SSSR count). The third-order valence-corrected chi connectivity index (χ3v) is 3.64. The molecule has 3 unspecified atom stereocenters. The van der Waals surface area contributed by atoms with Crippen LogP contribution < -0.4 is 0 Å². The molecule has 0 bridgehead atoms. The minimum Gasteiger partial charge on any atom is -0.458 e. The van der Waals surface area contributed by atoms with Gasteiger partial charge in [0.15, 0.2) is 0 Å². The highest BCUT2D eigenvalue weighted by Gasteiger charge is 2.35. The molecule has 0 heterocycles. The fraction of sp³-hybridized carbons (Fsp3) is 0.769. The Labute approximate surface area is 104 Å². The monoisotopic (exact) mass is 242 g/mol. The van der Waals surface area contributed by atoms with Crippen molar-refractivity contribution in [2.75, 3.05) is 0 Å². The van der Waals surface area contributed by atoms with Gasteiger partial charge in [0.1, 0.15) is 6.10 Å². The van der Waals surface area contributed by atoms with E-state index in [0.717, 1.165) is 19.3 Å². The number of hydrogen-bond donors (Lipinski definition) is 1. The highest BCUT2D eigenvalue weighted by Crippen LogP contribution is 2.38. The first-order valence-electron chi connectivity index (χ1n) is 6.17. The Kier molecular flexibility index (Phi) is 5.39. The van der Waals surface area contributed by atoms with Crippen LogP contribution in [0.4, 0.5) is 0 Å². The number of hydrogen-bond acceptors (Lipinski definition) is 3. The zero-order valence-corrected chi connectivity index (χ0v) is 11.1. The van der Waals surface area contributed by atoms with Crippen molar-refractivity contribution >= 4 is 18.6 Å². The molecular formula is C13H22O2S. The third-order valence-electron chi connectivity index (χ3n) is 3.46. The highest BCUT2D eigenvalue weighted by molar-refractivity contribution is 7.85. The third kappa shape index (κ3) is 3.55. The summed E-state index contributed by atoms with van der Waals surface area (Å²) in [6.45, 7) is 7.88. The molecule has 1 fully saturated rings. The first-order chi connectivity index (χ1) is 7.58. The zero-order chi connectivity index (χ0) is 12.1. The average molecular weight is 242 g/mol. The molecule has 0 N–H and O–H groups in total. The van der Waals surface area contributed by atoms with Gasteiger partial charge in [0.25, 0.3) is 0 Å². The van der Waals surface area contributed by atoms with Gasteiger partial charge in [-0.15, -0.1) is 12.6 Å². The second-order valence-corrected chi connectivity index (χ2v) is 5.22. The molecule has 3 atom stereocenters. The van der Waals surface area contributed by atoms with Gasteiger partial charge in [-0.25, -0.2) is 4.79 Å². The minimum atomic E-state index is -0.355. The molecule has 2 nitrogen and oxygen atoms in total. The van der Waals surface area contributed by atoms with Crippen molar-refractivity contribution in [3.8, 4) is 0 Å². The lowest BCUT2D eigenvalue weighted by atomic mass is 9.98. The Morgan fingerprint density at radius 3 is 2.62 bits per heavy atom. The molecule has 1 saturated carbocycles. The van der Waals surface area contributed by atoms with Crippen molar-refractivity contribution < 1.29 is 9.53 Å². The Hall–Kier alpha value is -0.440. The molecule has 92 valence electrons. The van der Waals surface area contributed by atoms with Gasteiger partial charge in [-0.1, -0.05) is 33.3 Å². The van der Waals surface area contributed by atoms with E-state index in [9.17, 15) is 4.79 Å². The fourth-order valence-corrected chi connectivity index (χ4v) is 2.61. The van der Waals surface area contributed by atoms with Gasteiger partial charge in [-0.2, -0.15) is 0 Å². The summed E-state index contributed by atoms with van der Waals surface area (Å²) >= 11 is 3.92. The van der Waals surface area contributed by atoms with Crippen molar-refractivity contribution in [2.45, 2.75) is 52.1 Å². The van der Waals surface area contributed by atoms with Gasteiger partial charge in [0.05, 0.1) is 4.91 Å². The van der Waals surface area contributed by atoms with Crippen LogP contribution in [-0.2, 0) is 9.53 Å². The van der Waals surface area contributed by atoms with Crippen LogP contribution in [0.25, 0.3) is 0 Å². The Morgan fingerprint density at radius 1 is 1.44 bits per heavy atom. The average Bonchev–Trinajstić information content (AvgIpc) is 2.61. The summed E-state index contributed by atoms with van der Waals surface area (Å²) in [5, 5.41) is 0. The summed E-state index contributed by atoms with van der Waals surface area (Å²) in [7, 11) is 0. The minimum absolute atomic E-state index is 0.0845. The maximum Gasteiger partial charge on any atom is 0.344 e. The van der Waals surface area contributed by atoms with E-state index in [-0.39, 0.29) is 17.0 Å². The maximum absolute atomic E-state index is 11.4. The molecule has 0 amide bonds. The lowest BCUT2D eigenvalue weighted by Crippen LogP contribution is -2.22. The number of carbonyl (C=O) groups is 1. The van der Waals surface area contributed by atoms with E-state index in [0.29, 0.717) is 11.8 Å². The van der Waals surface area contributed by atoms with E-state index in [1.165, 1.54) is 12.8 Å². The fourth-order valence-electron chi connectivity index (χ4n) is 2.55. The van der Waals surface area contributed by atoms with Crippen molar-refractivity contribution in [1.82, 2.24) is 0 Å². The van der Waals surface area contributed by atoms with E-state index in [4.69, 9.17) is 4.74 Å². The molecule has 0 aliphatic heterocycles. The second-order valence-electron chi connectivity index (χ2n) is 4.68. The van der Waals surface area contributed by atoms with Crippen LogP contribution in [0.5, 0.6) is 0 Å². The number of thiol groups is 1. The molecule has 3 heteroatoms.